The third-order valence-electron chi connectivity index (χ3n) is 12.6. The second-order valence-electron chi connectivity index (χ2n) is 22.1. The number of aromatic hydroxyl groups is 2. The maximum Gasteiger partial charge on any atom is 0.126 e. The molecule has 0 aliphatic heterocycles. The summed E-state index contributed by atoms with van der Waals surface area (Å²) < 4.78 is 16.4. The Morgan fingerprint density at radius 2 is 0.594 bits per heavy atom. The minimum Gasteiger partial charge on any atom is -0.507 e. The monoisotopic (exact) mass is 1080 g/mol. The van der Waals surface area contributed by atoms with Crippen LogP contribution in [0.5, 0.6) is 23.0 Å². The highest BCUT2D eigenvalue weighted by atomic mass is 127. The fraction of sp³-hybridized carbons (Fsp3) is 0.379. The van der Waals surface area contributed by atoms with E-state index in [1.165, 1.54) is 18.3 Å². The number of phenols is 2. The molecule has 8 bridgehead atoms. The summed E-state index contributed by atoms with van der Waals surface area (Å²) in [6.07, 6.45) is 1.85. The molecule has 64 heavy (non-hydrogen) atoms. The molecule has 6 heteroatoms. The summed E-state index contributed by atoms with van der Waals surface area (Å²) in [6.45, 7) is 27.7. The number of halogens is 2. The molecular weight excluding hydrogens is 1010 g/mol. The van der Waals surface area contributed by atoms with Gasteiger partial charge < -0.3 is 19.7 Å². The van der Waals surface area contributed by atoms with E-state index in [2.05, 4.69) is 225 Å². The fourth-order valence-electron chi connectivity index (χ4n) is 8.49. The Hall–Kier alpha value is -4.02. The number of fused-ring (bicyclic) bond motifs is 8. The van der Waals surface area contributed by atoms with E-state index in [4.69, 9.17) is 9.47 Å². The summed E-state index contributed by atoms with van der Waals surface area (Å²) in [5.74, 6) is 2.20. The van der Waals surface area contributed by atoms with Crippen molar-refractivity contribution < 1.29 is 19.7 Å². The van der Waals surface area contributed by atoms with Gasteiger partial charge in [-0.3, -0.25) is 0 Å². The van der Waals surface area contributed by atoms with Crippen LogP contribution in [-0.4, -0.2) is 10.2 Å². The molecule has 6 aromatic rings. The number of benzene rings is 6. The van der Waals surface area contributed by atoms with Crippen LogP contribution in [0.2, 0.25) is 0 Å². The minimum atomic E-state index is -0.186. The average Bonchev–Trinajstić information content (AvgIpc) is 3.19. The summed E-state index contributed by atoms with van der Waals surface area (Å²) in [5.41, 5.74) is 13.6. The van der Waals surface area contributed by atoms with Crippen molar-refractivity contribution in [1.82, 2.24) is 0 Å². The zero-order valence-electron chi connectivity index (χ0n) is 39.9. The molecule has 0 unspecified atom stereocenters. The van der Waals surface area contributed by atoms with Gasteiger partial charge in [-0.1, -0.05) is 156 Å². The quantitative estimate of drug-likeness (QED) is 0.163. The molecule has 0 heterocycles. The molecule has 0 spiro atoms. The van der Waals surface area contributed by atoms with Gasteiger partial charge in [0.2, 0.25) is 0 Å². The van der Waals surface area contributed by atoms with Gasteiger partial charge in [-0.2, -0.15) is 0 Å². The van der Waals surface area contributed by atoms with Gasteiger partial charge in [0.25, 0.3) is 0 Å². The standard InChI is InChI=1S/C58H66I2O4/c1-55(2,3)45-25-37-21-41-29-47(57(7,8)9)31-43(53(41)63-33-35-13-17-49(59)18-14-35)23-39-27-46(56(4,5)6)28-40(52(39)62)24-44-32-48(58(10,11)12)30-42(22-38(26-45)51(37)61)54(44)64-34-36-15-19-50(60)20-16-36/h13-20,25-32,61-62H,21-24,33-34H2,1-12H3. The van der Waals surface area contributed by atoms with Crippen molar-refractivity contribution in [3.8, 4) is 23.0 Å². The molecule has 0 radical (unpaired) electrons. The Kier molecular flexibility index (Phi) is 13.7. The lowest BCUT2D eigenvalue weighted by molar-refractivity contribution is 0.299. The molecule has 0 aromatic heterocycles. The predicted octanol–water partition coefficient (Wildman–Crippen LogP) is 15.3. The Morgan fingerprint density at radius 1 is 0.375 bits per heavy atom. The van der Waals surface area contributed by atoms with E-state index in [1.807, 2.05) is 0 Å². The van der Waals surface area contributed by atoms with Crippen LogP contribution in [-0.2, 0) is 60.6 Å². The third kappa shape index (κ3) is 11.1. The van der Waals surface area contributed by atoms with Gasteiger partial charge in [0.15, 0.2) is 0 Å². The second kappa shape index (κ2) is 18.3. The first kappa shape index (κ1) is 47.9. The first-order chi connectivity index (χ1) is 29.8. The van der Waals surface area contributed by atoms with Crippen molar-refractivity contribution in [2.75, 3.05) is 0 Å². The van der Waals surface area contributed by atoms with Gasteiger partial charge in [0.1, 0.15) is 36.2 Å². The number of ether oxygens (including phenoxy) is 2. The van der Waals surface area contributed by atoms with Crippen molar-refractivity contribution in [3.05, 3.63) is 182 Å². The molecule has 7 rings (SSSR count). The van der Waals surface area contributed by atoms with Gasteiger partial charge in [-0.05, 0) is 169 Å². The first-order valence-corrected chi connectivity index (χ1v) is 24.8. The highest BCUT2D eigenvalue weighted by Gasteiger charge is 2.28. The topological polar surface area (TPSA) is 58.9 Å². The third-order valence-corrected chi connectivity index (χ3v) is 14.0. The predicted molar refractivity (Wildman–Crippen MR) is 282 cm³/mol. The lowest BCUT2D eigenvalue weighted by Gasteiger charge is -2.28. The van der Waals surface area contributed by atoms with Gasteiger partial charge in [-0.15, -0.1) is 0 Å². The van der Waals surface area contributed by atoms with Gasteiger partial charge in [-0.25, -0.2) is 0 Å². The Labute approximate surface area is 410 Å². The van der Waals surface area contributed by atoms with Crippen LogP contribution >= 0.6 is 45.2 Å². The zero-order chi connectivity index (χ0) is 46.5. The Morgan fingerprint density at radius 3 is 0.812 bits per heavy atom. The van der Waals surface area contributed by atoms with Crippen molar-refractivity contribution in [2.24, 2.45) is 0 Å². The van der Waals surface area contributed by atoms with E-state index in [0.717, 1.165) is 78.3 Å². The summed E-state index contributed by atoms with van der Waals surface area (Å²) in [7, 11) is 0. The van der Waals surface area contributed by atoms with Crippen LogP contribution in [0.1, 0.15) is 161 Å². The molecule has 6 aromatic carbocycles. The smallest absolute Gasteiger partial charge is 0.126 e. The number of phenolic OH excluding ortho intramolecular Hbond substituents is 2. The molecule has 0 amide bonds. The lowest BCUT2D eigenvalue weighted by atomic mass is 9.79. The van der Waals surface area contributed by atoms with E-state index in [-0.39, 0.29) is 21.7 Å². The van der Waals surface area contributed by atoms with Crippen LogP contribution < -0.4 is 9.47 Å². The van der Waals surface area contributed by atoms with E-state index in [1.54, 1.807) is 0 Å². The highest BCUT2D eigenvalue weighted by Crippen LogP contribution is 2.44. The summed E-state index contributed by atoms with van der Waals surface area (Å²) >= 11 is 4.68. The molecule has 2 N–H and O–H groups in total. The van der Waals surface area contributed by atoms with E-state index in [9.17, 15) is 10.2 Å². The Balaban J connectivity index is 1.54. The van der Waals surface area contributed by atoms with E-state index >= 15 is 0 Å². The maximum absolute atomic E-state index is 12.7. The van der Waals surface area contributed by atoms with Crippen LogP contribution in [0.3, 0.4) is 0 Å². The van der Waals surface area contributed by atoms with Crippen LogP contribution in [0.4, 0.5) is 0 Å². The van der Waals surface area contributed by atoms with Crippen LogP contribution in [0.15, 0.2) is 97.1 Å². The van der Waals surface area contributed by atoms with Gasteiger partial charge in [0.05, 0.1) is 0 Å². The van der Waals surface area contributed by atoms with E-state index < -0.39 is 0 Å². The molecule has 1 aliphatic rings. The minimum absolute atomic E-state index is 0.179. The molecule has 4 nitrogen and oxygen atoms in total. The van der Waals surface area contributed by atoms with Gasteiger partial charge in [0, 0.05) is 32.8 Å². The van der Waals surface area contributed by atoms with Crippen molar-refractivity contribution in [2.45, 2.75) is 144 Å². The van der Waals surface area contributed by atoms with E-state index in [0.29, 0.717) is 50.4 Å². The van der Waals surface area contributed by atoms with Crippen LogP contribution in [0, 0.1) is 7.14 Å². The largest absolute Gasteiger partial charge is 0.507 e. The molecule has 336 valence electrons. The SMILES string of the molecule is CC(C)(C)c1cc2c(O)c(c1)Cc1cc(C(C)(C)C)cc(c1OCc1ccc(I)cc1)Cc1cc(C(C)(C)C)cc(c1O)Cc1cc(C(C)(C)C)cc(c1OCc1ccc(I)cc1)C2. The van der Waals surface area contributed by atoms with Gasteiger partial charge >= 0.3 is 0 Å². The normalized spacial score (nSPS) is 13.5. The molecule has 0 saturated heterocycles. The van der Waals surface area contributed by atoms with Crippen molar-refractivity contribution >= 4 is 45.2 Å². The average molecular weight is 1080 g/mol. The number of rotatable bonds is 6. The molecule has 1 aliphatic carbocycles. The molecule has 0 saturated carbocycles. The van der Waals surface area contributed by atoms with Crippen molar-refractivity contribution in [1.29, 1.82) is 0 Å². The maximum atomic E-state index is 12.7. The lowest BCUT2D eigenvalue weighted by Crippen LogP contribution is -2.16. The number of hydrogen-bond donors (Lipinski definition) is 2. The summed E-state index contributed by atoms with van der Waals surface area (Å²) in [5, 5.41) is 25.3. The summed E-state index contributed by atoms with van der Waals surface area (Å²) in [6, 6.07) is 34.9. The molecule has 0 atom stereocenters. The molecular formula is C58H66I2O4. The first-order valence-electron chi connectivity index (χ1n) is 22.6. The zero-order valence-corrected chi connectivity index (χ0v) is 44.3. The highest BCUT2D eigenvalue weighted by molar-refractivity contribution is 14.1. The summed E-state index contributed by atoms with van der Waals surface area (Å²) in [4.78, 5) is 0. The molecule has 0 fully saturated rings. The van der Waals surface area contributed by atoms with Crippen molar-refractivity contribution in [3.63, 3.8) is 0 Å². The fourth-order valence-corrected chi connectivity index (χ4v) is 9.21. The van der Waals surface area contributed by atoms with Crippen LogP contribution in [0.25, 0.3) is 0 Å². The number of hydrogen-bond acceptors (Lipinski definition) is 4. The second-order valence-corrected chi connectivity index (χ2v) is 24.6. The Bertz CT molecular complexity index is 2380.